The standard InChI is InChI=1S/C27H30N2O/c1-27(19-11-12-20-30,23-17-9-4-10-18-23)26-28-24(21-13-5-2-6-14-21)25(29-26)22-15-7-3-8-16-22/h2-10,13-18,24-25,30H,11-12,19-20H2,1H3,(H,28,29)/t24-,25-,27-/m0/s1. The van der Waals surface area contributed by atoms with Gasteiger partial charge in [0.1, 0.15) is 11.9 Å². The van der Waals surface area contributed by atoms with Crippen LogP contribution in [0.1, 0.15) is 55.0 Å². The van der Waals surface area contributed by atoms with Crippen molar-refractivity contribution in [2.45, 2.75) is 43.7 Å². The van der Waals surface area contributed by atoms with Crippen molar-refractivity contribution in [2.24, 2.45) is 4.99 Å². The molecule has 4 rings (SSSR count). The molecule has 3 aromatic rings. The molecule has 3 nitrogen and oxygen atoms in total. The van der Waals surface area contributed by atoms with Gasteiger partial charge in [0.05, 0.1) is 6.04 Å². The lowest BCUT2D eigenvalue weighted by Crippen LogP contribution is -2.41. The van der Waals surface area contributed by atoms with Gasteiger partial charge in [-0.15, -0.1) is 0 Å². The van der Waals surface area contributed by atoms with Crippen molar-refractivity contribution in [3.63, 3.8) is 0 Å². The second-order valence-electron chi connectivity index (χ2n) is 8.24. The van der Waals surface area contributed by atoms with Gasteiger partial charge >= 0.3 is 0 Å². The van der Waals surface area contributed by atoms with Crippen LogP contribution in [0.15, 0.2) is 96.0 Å². The van der Waals surface area contributed by atoms with Crippen molar-refractivity contribution in [3.05, 3.63) is 108 Å². The summed E-state index contributed by atoms with van der Waals surface area (Å²) < 4.78 is 0. The fourth-order valence-corrected chi connectivity index (χ4v) is 4.42. The summed E-state index contributed by atoms with van der Waals surface area (Å²) in [5.41, 5.74) is 3.50. The Morgan fingerprint density at radius 2 is 1.37 bits per heavy atom. The van der Waals surface area contributed by atoms with Crippen LogP contribution in [-0.4, -0.2) is 17.5 Å². The van der Waals surface area contributed by atoms with E-state index in [4.69, 9.17) is 4.99 Å². The smallest absolute Gasteiger partial charge is 0.108 e. The predicted octanol–water partition coefficient (Wildman–Crippen LogP) is 5.59. The summed E-state index contributed by atoms with van der Waals surface area (Å²) in [6.07, 6.45) is 2.70. The Kier molecular flexibility index (Phi) is 6.29. The molecule has 0 radical (unpaired) electrons. The van der Waals surface area contributed by atoms with E-state index >= 15 is 0 Å². The number of hydrogen-bond acceptors (Lipinski definition) is 3. The van der Waals surface area contributed by atoms with Crippen LogP contribution in [0.4, 0.5) is 0 Å². The predicted molar refractivity (Wildman–Crippen MR) is 124 cm³/mol. The fourth-order valence-electron chi connectivity index (χ4n) is 4.42. The number of benzene rings is 3. The number of hydrogen-bond donors (Lipinski definition) is 2. The van der Waals surface area contributed by atoms with Gasteiger partial charge in [0.15, 0.2) is 0 Å². The zero-order valence-electron chi connectivity index (χ0n) is 17.5. The van der Waals surface area contributed by atoms with Crippen LogP contribution in [0.5, 0.6) is 0 Å². The van der Waals surface area contributed by atoms with E-state index in [0.29, 0.717) is 0 Å². The molecular formula is C27H30N2O. The van der Waals surface area contributed by atoms with Crippen LogP contribution >= 0.6 is 0 Å². The van der Waals surface area contributed by atoms with Gasteiger partial charge in [-0.3, -0.25) is 4.99 Å². The van der Waals surface area contributed by atoms with Gasteiger partial charge in [-0.25, -0.2) is 0 Å². The van der Waals surface area contributed by atoms with E-state index in [2.05, 4.69) is 103 Å². The van der Waals surface area contributed by atoms with Crippen molar-refractivity contribution in [1.82, 2.24) is 5.32 Å². The Labute approximate surface area is 179 Å². The van der Waals surface area contributed by atoms with Crippen molar-refractivity contribution in [2.75, 3.05) is 6.61 Å². The molecule has 0 bridgehead atoms. The molecule has 3 heteroatoms. The molecule has 3 aromatic carbocycles. The quantitative estimate of drug-likeness (QED) is 0.486. The minimum Gasteiger partial charge on any atom is -0.396 e. The zero-order chi connectivity index (χ0) is 20.8. The molecule has 0 saturated heterocycles. The number of rotatable bonds is 8. The molecule has 0 unspecified atom stereocenters. The Hall–Kier alpha value is -2.91. The number of unbranched alkanes of at least 4 members (excludes halogenated alkanes) is 1. The SMILES string of the molecule is C[C@@](CCCCO)(C1=N[C@@H](c2ccccc2)[C@H](c2ccccc2)N1)c1ccccc1. The summed E-state index contributed by atoms with van der Waals surface area (Å²) in [4.78, 5) is 5.29. The summed E-state index contributed by atoms with van der Waals surface area (Å²) in [5, 5.41) is 13.1. The number of aliphatic hydroxyl groups excluding tert-OH is 1. The van der Waals surface area contributed by atoms with Crippen LogP contribution < -0.4 is 5.32 Å². The Morgan fingerprint density at radius 3 is 1.97 bits per heavy atom. The molecule has 154 valence electrons. The van der Waals surface area contributed by atoms with Crippen molar-refractivity contribution < 1.29 is 5.11 Å². The van der Waals surface area contributed by atoms with Crippen LogP contribution in [0.2, 0.25) is 0 Å². The highest BCUT2D eigenvalue weighted by molar-refractivity contribution is 5.94. The number of nitrogens with zero attached hydrogens (tertiary/aromatic N) is 1. The number of nitrogens with one attached hydrogen (secondary N) is 1. The minimum atomic E-state index is -0.229. The number of aliphatic imine (C=N–C) groups is 1. The first-order chi connectivity index (χ1) is 14.7. The van der Waals surface area contributed by atoms with Gasteiger partial charge in [-0.05, 0) is 42.9 Å². The second-order valence-corrected chi connectivity index (χ2v) is 8.24. The largest absolute Gasteiger partial charge is 0.396 e. The molecule has 0 aliphatic carbocycles. The van der Waals surface area contributed by atoms with Gasteiger partial charge < -0.3 is 10.4 Å². The van der Waals surface area contributed by atoms with E-state index in [0.717, 1.165) is 25.1 Å². The highest BCUT2D eigenvalue weighted by Gasteiger charge is 2.40. The van der Waals surface area contributed by atoms with Gasteiger partial charge in [-0.2, -0.15) is 0 Å². The van der Waals surface area contributed by atoms with Crippen LogP contribution in [0.3, 0.4) is 0 Å². The molecular weight excluding hydrogens is 368 g/mol. The van der Waals surface area contributed by atoms with Crippen molar-refractivity contribution in [3.8, 4) is 0 Å². The highest BCUT2D eigenvalue weighted by atomic mass is 16.2. The monoisotopic (exact) mass is 398 g/mol. The van der Waals surface area contributed by atoms with Gasteiger partial charge in [0.25, 0.3) is 0 Å². The summed E-state index contributed by atoms with van der Waals surface area (Å²) in [6.45, 7) is 2.50. The highest BCUT2D eigenvalue weighted by Crippen LogP contribution is 2.41. The molecule has 30 heavy (non-hydrogen) atoms. The molecule has 0 amide bonds. The normalized spacial score (nSPS) is 20.3. The first-order valence-electron chi connectivity index (χ1n) is 10.8. The summed E-state index contributed by atoms with van der Waals surface area (Å²) in [6, 6.07) is 31.9. The van der Waals surface area contributed by atoms with Crippen LogP contribution in [-0.2, 0) is 5.41 Å². The molecule has 0 aromatic heterocycles. The second kappa shape index (κ2) is 9.27. The molecule has 1 aliphatic rings. The van der Waals surface area contributed by atoms with Gasteiger partial charge in [-0.1, -0.05) is 91.0 Å². The maximum Gasteiger partial charge on any atom is 0.108 e. The van der Waals surface area contributed by atoms with E-state index in [-0.39, 0.29) is 24.1 Å². The summed E-state index contributed by atoms with van der Waals surface area (Å²) in [5.74, 6) is 1.04. The molecule has 3 atom stereocenters. The maximum atomic E-state index is 9.33. The van der Waals surface area contributed by atoms with Crippen molar-refractivity contribution >= 4 is 5.84 Å². The van der Waals surface area contributed by atoms with E-state index in [1.165, 1.54) is 16.7 Å². The third-order valence-electron chi connectivity index (χ3n) is 6.19. The molecule has 1 heterocycles. The fraction of sp³-hybridized carbons (Fsp3) is 0.296. The first-order valence-corrected chi connectivity index (χ1v) is 10.8. The van der Waals surface area contributed by atoms with E-state index in [1.807, 2.05) is 0 Å². The molecule has 0 fully saturated rings. The Bertz CT molecular complexity index is 956. The third kappa shape index (κ3) is 4.17. The first kappa shape index (κ1) is 20.4. The average Bonchev–Trinajstić information content (AvgIpc) is 3.27. The molecule has 0 saturated carbocycles. The molecule has 2 N–H and O–H groups in total. The van der Waals surface area contributed by atoms with E-state index in [9.17, 15) is 5.11 Å². The zero-order valence-corrected chi connectivity index (χ0v) is 17.5. The van der Waals surface area contributed by atoms with Crippen LogP contribution in [0.25, 0.3) is 0 Å². The maximum absolute atomic E-state index is 9.33. The summed E-state index contributed by atoms with van der Waals surface area (Å²) >= 11 is 0. The summed E-state index contributed by atoms with van der Waals surface area (Å²) in [7, 11) is 0. The lowest BCUT2D eigenvalue weighted by molar-refractivity contribution is 0.279. The number of amidine groups is 1. The number of aliphatic hydroxyl groups is 1. The molecule has 1 aliphatic heterocycles. The van der Waals surface area contributed by atoms with Gasteiger partial charge in [0, 0.05) is 12.0 Å². The average molecular weight is 399 g/mol. The topological polar surface area (TPSA) is 44.6 Å². The van der Waals surface area contributed by atoms with E-state index < -0.39 is 0 Å². The van der Waals surface area contributed by atoms with Gasteiger partial charge in [0.2, 0.25) is 0 Å². The van der Waals surface area contributed by atoms with Crippen molar-refractivity contribution in [1.29, 1.82) is 0 Å². The third-order valence-corrected chi connectivity index (χ3v) is 6.19. The molecule has 0 spiro atoms. The van der Waals surface area contributed by atoms with Crippen LogP contribution in [0, 0.1) is 0 Å². The Morgan fingerprint density at radius 1 is 0.800 bits per heavy atom. The lowest BCUT2D eigenvalue weighted by atomic mass is 9.77. The minimum absolute atomic E-state index is 0.0319. The Balaban J connectivity index is 1.75. The lowest BCUT2D eigenvalue weighted by Gasteiger charge is -2.31. The van der Waals surface area contributed by atoms with E-state index in [1.54, 1.807) is 0 Å².